The van der Waals surface area contributed by atoms with Crippen molar-refractivity contribution in [3.63, 3.8) is 0 Å². The van der Waals surface area contributed by atoms with Crippen molar-refractivity contribution in [3.05, 3.63) is 30.1 Å². The summed E-state index contributed by atoms with van der Waals surface area (Å²) in [7, 11) is 0. The van der Waals surface area contributed by atoms with Gasteiger partial charge in [0.05, 0.1) is 19.0 Å². The Bertz CT molecular complexity index is 261. The van der Waals surface area contributed by atoms with Gasteiger partial charge in [-0.05, 0) is 6.92 Å². The van der Waals surface area contributed by atoms with E-state index in [0.29, 0.717) is 19.8 Å². The molecule has 0 amide bonds. The molecule has 0 aliphatic carbocycles. The maximum absolute atomic E-state index is 12.9. The van der Waals surface area contributed by atoms with Gasteiger partial charge in [0.25, 0.3) is 0 Å². The first-order valence-electron chi connectivity index (χ1n) is 4.47. The monoisotopic (exact) mass is 326 g/mol. The SMILES string of the molecule is CCOCCOc1c[c-]ccc1F.[Zn+][Br]. The summed E-state index contributed by atoms with van der Waals surface area (Å²) in [6, 6.07) is 7.03. The molecule has 0 N–H and O–H groups in total. The quantitative estimate of drug-likeness (QED) is 0.470. The van der Waals surface area contributed by atoms with Crippen LogP contribution in [-0.4, -0.2) is 19.8 Å². The fraction of sp³-hybridized carbons (Fsp3) is 0.400. The van der Waals surface area contributed by atoms with Gasteiger partial charge in [-0.2, -0.15) is 12.1 Å². The standard InChI is InChI=1S/C10H12FO2.BrH.Zn/c1-2-12-7-8-13-10-6-4-3-5-9(10)11;;/h3,5-6H,2,7-8H2,1H3;1H;/q-1;;+2/p-1. The van der Waals surface area contributed by atoms with Gasteiger partial charge in [-0.25, -0.2) is 4.39 Å². The number of hydrogen-bond donors (Lipinski definition) is 0. The van der Waals surface area contributed by atoms with Crippen LogP contribution in [0, 0.1) is 11.9 Å². The minimum atomic E-state index is -0.366. The first-order valence-corrected chi connectivity index (χ1v) is 11.4. The summed E-state index contributed by atoms with van der Waals surface area (Å²) in [5.74, 6) is -0.141. The van der Waals surface area contributed by atoms with Gasteiger partial charge in [-0.3, -0.25) is 0 Å². The minimum absolute atomic E-state index is 0.224. The van der Waals surface area contributed by atoms with E-state index in [1.807, 2.05) is 6.92 Å². The molecule has 0 radical (unpaired) electrons. The molecule has 15 heavy (non-hydrogen) atoms. The maximum atomic E-state index is 12.9. The number of rotatable bonds is 5. The van der Waals surface area contributed by atoms with Crippen LogP contribution in [0.3, 0.4) is 0 Å². The van der Waals surface area contributed by atoms with Crippen LogP contribution in [0.4, 0.5) is 4.39 Å². The summed E-state index contributed by atoms with van der Waals surface area (Å²) >= 11 is 4.25. The van der Waals surface area contributed by atoms with Crippen LogP contribution in [0.5, 0.6) is 5.75 Å². The van der Waals surface area contributed by atoms with Gasteiger partial charge in [0.15, 0.2) is 0 Å². The molecule has 80 valence electrons. The van der Waals surface area contributed by atoms with E-state index in [4.69, 9.17) is 9.47 Å². The Morgan fingerprint density at radius 3 is 2.80 bits per heavy atom. The van der Waals surface area contributed by atoms with Gasteiger partial charge in [-0.1, -0.05) is 0 Å². The van der Waals surface area contributed by atoms with Crippen LogP contribution in [0.25, 0.3) is 0 Å². The second kappa shape index (κ2) is 10.5. The van der Waals surface area contributed by atoms with Crippen LogP contribution in [0.1, 0.15) is 6.92 Å². The van der Waals surface area contributed by atoms with Gasteiger partial charge in [0.2, 0.25) is 0 Å². The third kappa shape index (κ3) is 6.99. The second-order valence-electron chi connectivity index (χ2n) is 2.40. The average Bonchev–Trinajstić information content (AvgIpc) is 2.29. The van der Waals surface area contributed by atoms with Gasteiger partial charge in [0.1, 0.15) is 0 Å². The molecule has 0 fully saturated rings. The predicted octanol–water partition coefficient (Wildman–Crippen LogP) is 2.88. The Kier molecular flexibility index (Phi) is 10.5. The van der Waals surface area contributed by atoms with Crippen molar-refractivity contribution in [3.8, 4) is 5.75 Å². The molecule has 5 heteroatoms. The van der Waals surface area contributed by atoms with Crippen molar-refractivity contribution in [2.75, 3.05) is 19.8 Å². The third-order valence-corrected chi connectivity index (χ3v) is 1.47. The number of hydrogen-bond acceptors (Lipinski definition) is 2. The fourth-order valence-corrected chi connectivity index (χ4v) is 0.862. The van der Waals surface area contributed by atoms with Crippen LogP contribution in [0.2, 0.25) is 0 Å². The normalized spacial score (nSPS) is 9.13. The summed E-state index contributed by atoms with van der Waals surface area (Å²) in [6.45, 7) is 3.39. The van der Waals surface area contributed by atoms with E-state index >= 15 is 0 Å². The first kappa shape index (κ1) is 15.0. The first-order chi connectivity index (χ1) is 7.34. The Morgan fingerprint density at radius 1 is 1.47 bits per heavy atom. The predicted molar refractivity (Wildman–Crippen MR) is 56.2 cm³/mol. The van der Waals surface area contributed by atoms with Crippen molar-refractivity contribution in [1.29, 1.82) is 0 Å². The molecule has 0 spiro atoms. The van der Waals surface area contributed by atoms with E-state index in [2.05, 4.69) is 19.7 Å². The molecule has 0 saturated carbocycles. The van der Waals surface area contributed by atoms with Gasteiger partial charge in [-0.15, -0.1) is 12.1 Å². The summed E-state index contributed by atoms with van der Waals surface area (Å²) in [6.07, 6.45) is 0. The topological polar surface area (TPSA) is 18.5 Å². The van der Waals surface area contributed by atoms with Crippen molar-refractivity contribution in [2.24, 2.45) is 0 Å². The zero-order valence-electron chi connectivity index (χ0n) is 8.63. The molecule has 0 unspecified atom stereocenters. The Labute approximate surface area is 106 Å². The molecule has 0 atom stereocenters. The molecule has 0 saturated heterocycles. The van der Waals surface area contributed by atoms with Gasteiger partial charge >= 0.3 is 30.0 Å². The molecule has 0 aromatic heterocycles. The average molecular weight is 328 g/mol. The number of ether oxygens (including phenoxy) is 2. The van der Waals surface area contributed by atoms with Crippen LogP contribution >= 0.6 is 13.6 Å². The van der Waals surface area contributed by atoms with Gasteiger partial charge < -0.3 is 9.47 Å². The molecular weight excluding hydrogens is 316 g/mol. The van der Waals surface area contributed by atoms with E-state index in [0.717, 1.165) is 0 Å². The molecule has 0 aliphatic heterocycles. The third-order valence-electron chi connectivity index (χ3n) is 1.47. The van der Waals surface area contributed by atoms with E-state index in [1.54, 1.807) is 0 Å². The van der Waals surface area contributed by atoms with Crippen molar-refractivity contribution in [2.45, 2.75) is 6.92 Å². The summed E-state index contributed by atoms with van der Waals surface area (Å²) < 4.78 is 23.1. The number of halogens is 2. The molecular formula is C10H12BrFO2Zn. The van der Waals surface area contributed by atoms with Crippen LogP contribution < -0.4 is 4.74 Å². The Morgan fingerprint density at radius 2 is 2.20 bits per heavy atom. The zero-order valence-corrected chi connectivity index (χ0v) is 13.2. The molecule has 0 heterocycles. The molecule has 0 aliphatic rings. The van der Waals surface area contributed by atoms with Gasteiger partial charge in [0, 0.05) is 12.4 Å². The Balaban J connectivity index is 0.000000921. The molecule has 2 nitrogen and oxygen atoms in total. The van der Waals surface area contributed by atoms with Crippen LogP contribution in [0.15, 0.2) is 18.2 Å². The van der Waals surface area contributed by atoms with Crippen LogP contribution in [-0.2, 0) is 21.1 Å². The fourth-order valence-electron chi connectivity index (χ4n) is 0.862. The van der Waals surface area contributed by atoms with E-state index < -0.39 is 0 Å². The van der Waals surface area contributed by atoms with E-state index in [-0.39, 0.29) is 11.6 Å². The molecule has 1 rings (SSSR count). The number of benzene rings is 1. The van der Waals surface area contributed by atoms with E-state index in [9.17, 15) is 4.39 Å². The molecule has 1 aromatic carbocycles. The summed E-state index contributed by atoms with van der Waals surface area (Å²) in [5.41, 5.74) is 0. The summed E-state index contributed by atoms with van der Waals surface area (Å²) in [4.78, 5) is 0. The van der Waals surface area contributed by atoms with Crippen molar-refractivity contribution >= 4 is 13.6 Å². The molecule has 0 bridgehead atoms. The van der Waals surface area contributed by atoms with Crippen molar-refractivity contribution in [1.82, 2.24) is 0 Å². The van der Waals surface area contributed by atoms with E-state index in [1.165, 1.54) is 34.5 Å². The second-order valence-corrected chi connectivity index (χ2v) is 2.40. The zero-order chi connectivity index (χ0) is 11.5. The Hall–Kier alpha value is 0.0134. The van der Waals surface area contributed by atoms with Crippen molar-refractivity contribution < 1.29 is 30.2 Å². The molecule has 1 aromatic rings. The summed E-state index contributed by atoms with van der Waals surface area (Å²) in [5, 5.41) is 0.